The number of hydrogen-bond acceptors (Lipinski definition) is 3. The van der Waals surface area contributed by atoms with Crippen LogP contribution < -0.4 is 0 Å². The standard InChI is InChI=1S/C14H23NO4/c1-13(2)7-10(13)11(16)15-6-4-5-14(8-15,9-19-3)12(17)18/h10H,4-9H2,1-3H3,(H,17,18). The Morgan fingerprint density at radius 2 is 2.05 bits per heavy atom. The first-order valence-electron chi connectivity index (χ1n) is 6.83. The van der Waals surface area contributed by atoms with Crippen molar-refractivity contribution in [3.8, 4) is 0 Å². The van der Waals surface area contributed by atoms with Crippen molar-refractivity contribution in [1.82, 2.24) is 4.90 Å². The molecule has 0 spiro atoms. The molecule has 2 atom stereocenters. The fourth-order valence-electron chi connectivity index (χ4n) is 3.06. The summed E-state index contributed by atoms with van der Waals surface area (Å²) in [7, 11) is 1.51. The first-order chi connectivity index (χ1) is 8.82. The monoisotopic (exact) mass is 269 g/mol. The van der Waals surface area contributed by atoms with E-state index < -0.39 is 11.4 Å². The molecule has 0 bridgehead atoms. The quantitative estimate of drug-likeness (QED) is 0.837. The van der Waals surface area contributed by atoms with Crippen LogP contribution in [0.25, 0.3) is 0 Å². The lowest BCUT2D eigenvalue weighted by Crippen LogP contribution is -2.52. The first-order valence-corrected chi connectivity index (χ1v) is 6.83. The summed E-state index contributed by atoms with van der Waals surface area (Å²) in [6.07, 6.45) is 2.22. The van der Waals surface area contributed by atoms with Gasteiger partial charge in [0.05, 0.1) is 6.61 Å². The zero-order valence-electron chi connectivity index (χ0n) is 11.9. The number of rotatable bonds is 4. The average Bonchev–Trinajstić information content (AvgIpc) is 2.98. The lowest BCUT2D eigenvalue weighted by molar-refractivity contribution is -0.159. The summed E-state index contributed by atoms with van der Waals surface area (Å²) in [6, 6.07) is 0. The van der Waals surface area contributed by atoms with Gasteiger partial charge in [-0.1, -0.05) is 13.8 Å². The van der Waals surface area contributed by atoms with Crippen molar-refractivity contribution < 1.29 is 19.4 Å². The first kappa shape index (κ1) is 14.3. The van der Waals surface area contributed by atoms with Gasteiger partial charge in [0.15, 0.2) is 0 Å². The van der Waals surface area contributed by atoms with E-state index in [1.807, 2.05) is 0 Å². The van der Waals surface area contributed by atoms with Gasteiger partial charge in [0.1, 0.15) is 5.41 Å². The number of hydrogen-bond donors (Lipinski definition) is 1. The fourth-order valence-corrected chi connectivity index (χ4v) is 3.06. The molecule has 5 heteroatoms. The highest BCUT2D eigenvalue weighted by atomic mass is 16.5. The minimum absolute atomic E-state index is 0.0691. The summed E-state index contributed by atoms with van der Waals surface area (Å²) in [5, 5.41) is 9.46. The molecular formula is C14H23NO4. The van der Waals surface area contributed by atoms with Crippen LogP contribution in [0.2, 0.25) is 0 Å². The van der Waals surface area contributed by atoms with E-state index in [0.717, 1.165) is 12.8 Å². The van der Waals surface area contributed by atoms with Crippen molar-refractivity contribution in [2.45, 2.75) is 33.1 Å². The lowest BCUT2D eigenvalue weighted by atomic mass is 9.80. The van der Waals surface area contributed by atoms with Gasteiger partial charge in [-0.25, -0.2) is 0 Å². The third-order valence-electron chi connectivity index (χ3n) is 4.57. The van der Waals surface area contributed by atoms with Crippen molar-refractivity contribution in [2.24, 2.45) is 16.7 Å². The molecule has 108 valence electrons. The summed E-state index contributed by atoms with van der Waals surface area (Å²) in [6.45, 7) is 5.28. The zero-order chi connectivity index (χ0) is 14.3. The van der Waals surface area contributed by atoms with E-state index in [4.69, 9.17) is 4.74 Å². The second-order valence-electron chi connectivity index (χ2n) is 6.63. The van der Waals surface area contributed by atoms with Crippen LogP contribution in [0.15, 0.2) is 0 Å². The van der Waals surface area contributed by atoms with E-state index in [0.29, 0.717) is 13.0 Å². The minimum atomic E-state index is -0.929. The van der Waals surface area contributed by atoms with Crippen molar-refractivity contribution >= 4 is 11.9 Å². The Morgan fingerprint density at radius 1 is 1.42 bits per heavy atom. The van der Waals surface area contributed by atoms with Gasteiger partial charge < -0.3 is 14.7 Å². The van der Waals surface area contributed by atoms with Crippen LogP contribution in [-0.4, -0.2) is 48.7 Å². The maximum Gasteiger partial charge on any atom is 0.313 e. The van der Waals surface area contributed by atoms with E-state index in [1.165, 1.54) is 7.11 Å². The number of aliphatic carboxylic acids is 1. The van der Waals surface area contributed by atoms with Crippen LogP contribution in [0, 0.1) is 16.7 Å². The van der Waals surface area contributed by atoms with E-state index in [-0.39, 0.29) is 30.4 Å². The van der Waals surface area contributed by atoms with Crippen molar-refractivity contribution in [2.75, 3.05) is 26.8 Å². The molecule has 2 unspecified atom stereocenters. The number of likely N-dealkylation sites (tertiary alicyclic amines) is 1. The molecule has 2 fully saturated rings. The van der Waals surface area contributed by atoms with Gasteiger partial charge in [0.25, 0.3) is 0 Å². The van der Waals surface area contributed by atoms with E-state index in [9.17, 15) is 14.7 Å². The molecule has 1 saturated heterocycles. The van der Waals surface area contributed by atoms with Crippen LogP contribution in [0.3, 0.4) is 0 Å². The number of carboxylic acid groups (broad SMARTS) is 1. The number of carbonyl (C=O) groups is 2. The largest absolute Gasteiger partial charge is 0.481 e. The van der Waals surface area contributed by atoms with Gasteiger partial charge in [-0.2, -0.15) is 0 Å². The molecule has 1 heterocycles. The van der Waals surface area contributed by atoms with Crippen molar-refractivity contribution in [3.05, 3.63) is 0 Å². The summed E-state index contributed by atoms with van der Waals surface area (Å²) in [5.41, 5.74) is -0.844. The van der Waals surface area contributed by atoms with Crippen molar-refractivity contribution in [3.63, 3.8) is 0 Å². The zero-order valence-corrected chi connectivity index (χ0v) is 11.9. The molecule has 5 nitrogen and oxygen atoms in total. The maximum absolute atomic E-state index is 12.4. The molecule has 1 aliphatic heterocycles. The van der Waals surface area contributed by atoms with Gasteiger partial charge in [-0.05, 0) is 24.7 Å². The minimum Gasteiger partial charge on any atom is -0.481 e. The number of piperidine rings is 1. The third-order valence-corrected chi connectivity index (χ3v) is 4.57. The van der Waals surface area contributed by atoms with Gasteiger partial charge in [-0.15, -0.1) is 0 Å². The predicted octanol–water partition coefficient (Wildman–Crippen LogP) is 1.37. The predicted molar refractivity (Wildman–Crippen MR) is 69.6 cm³/mol. The Bertz CT molecular complexity index is 389. The number of carboxylic acids is 1. The second-order valence-corrected chi connectivity index (χ2v) is 6.63. The summed E-state index contributed by atoms with van der Waals surface area (Å²) in [5.74, 6) is -0.673. The fraction of sp³-hybridized carbons (Fsp3) is 0.857. The molecule has 0 radical (unpaired) electrons. The molecule has 0 aromatic carbocycles. The topological polar surface area (TPSA) is 66.8 Å². The molecule has 2 rings (SSSR count). The van der Waals surface area contributed by atoms with E-state index >= 15 is 0 Å². The Hall–Kier alpha value is -1.10. The molecule has 19 heavy (non-hydrogen) atoms. The molecular weight excluding hydrogens is 246 g/mol. The highest BCUT2D eigenvalue weighted by molar-refractivity contribution is 5.84. The summed E-state index contributed by atoms with van der Waals surface area (Å²) in [4.78, 5) is 25.6. The number of carbonyl (C=O) groups excluding carboxylic acids is 1. The SMILES string of the molecule is COCC1(C(=O)O)CCCN(C(=O)C2CC2(C)C)C1. The molecule has 1 N–H and O–H groups in total. The summed E-state index contributed by atoms with van der Waals surface area (Å²) >= 11 is 0. The molecule has 0 aromatic heterocycles. The van der Waals surface area contributed by atoms with E-state index in [1.54, 1.807) is 4.90 Å². The molecule has 1 amide bonds. The van der Waals surface area contributed by atoms with Crippen LogP contribution in [0.4, 0.5) is 0 Å². The number of amides is 1. The third kappa shape index (κ3) is 2.61. The summed E-state index contributed by atoms with van der Waals surface area (Å²) < 4.78 is 5.07. The molecule has 2 aliphatic rings. The van der Waals surface area contributed by atoms with E-state index in [2.05, 4.69) is 13.8 Å². The number of methoxy groups -OCH3 is 1. The normalized spacial score (nSPS) is 33.0. The molecule has 1 saturated carbocycles. The lowest BCUT2D eigenvalue weighted by Gasteiger charge is -2.39. The smallest absolute Gasteiger partial charge is 0.313 e. The van der Waals surface area contributed by atoms with Crippen molar-refractivity contribution in [1.29, 1.82) is 0 Å². The maximum atomic E-state index is 12.4. The Morgan fingerprint density at radius 3 is 2.53 bits per heavy atom. The number of nitrogens with zero attached hydrogens (tertiary/aromatic N) is 1. The van der Waals surface area contributed by atoms with Crippen LogP contribution in [-0.2, 0) is 14.3 Å². The van der Waals surface area contributed by atoms with Crippen LogP contribution in [0.5, 0.6) is 0 Å². The van der Waals surface area contributed by atoms with Crippen LogP contribution in [0.1, 0.15) is 33.1 Å². The van der Waals surface area contributed by atoms with Crippen LogP contribution >= 0.6 is 0 Å². The second kappa shape index (κ2) is 4.78. The highest BCUT2D eigenvalue weighted by Crippen LogP contribution is 2.53. The average molecular weight is 269 g/mol. The van der Waals surface area contributed by atoms with Gasteiger partial charge in [0, 0.05) is 26.1 Å². The molecule has 0 aromatic rings. The Kier molecular flexibility index (Phi) is 3.60. The van der Waals surface area contributed by atoms with Gasteiger partial charge >= 0.3 is 5.97 Å². The van der Waals surface area contributed by atoms with Gasteiger partial charge in [0.2, 0.25) is 5.91 Å². The molecule has 1 aliphatic carbocycles. The Balaban J connectivity index is 2.08. The number of ether oxygens (including phenoxy) is 1. The van der Waals surface area contributed by atoms with Gasteiger partial charge in [-0.3, -0.25) is 9.59 Å². The highest BCUT2D eigenvalue weighted by Gasteiger charge is 2.54. The Labute approximate surface area is 113 Å².